The first-order valence-corrected chi connectivity index (χ1v) is 8.22. The van der Waals surface area contributed by atoms with Crippen molar-refractivity contribution in [3.63, 3.8) is 0 Å². The molecule has 0 unspecified atom stereocenters. The summed E-state index contributed by atoms with van der Waals surface area (Å²) in [6, 6.07) is 13.0. The van der Waals surface area contributed by atoms with Gasteiger partial charge in [-0.15, -0.1) is 11.3 Å². The van der Waals surface area contributed by atoms with E-state index < -0.39 is 11.7 Å². The number of carbonyl (C=O) groups is 1. The summed E-state index contributed by atoms with van der Waals surface area (Å²) in [5.41, 5.74) is 0.859. The molecule has 0 saturated carbocycles. The fourth-order valence-electron chi connectivity index (χ4n) is 2.64. The Bertz CT molecular complexity index is 1160. The van der Waals surface area contributed by atoms with Crippen LogP contribution in [0, 0.1) is 9.77 Å². The summed E-state index contributed by atoms with van der Waals surface area (Å²) in [5.74, 6) is -1.13. The molecule has 118 valence electrons. The highest BCUT2D eigenvalue weighted by molar-refractivity contribution is 7.73. The monoisotopic (exact) mass is 356 g/mol. The number of hydrogen-bond acceptors (Lipinski definition) is 4. The smallest absolute Gasteiger partial charge is 0.279 e. The van der Waals surface area contributed by atoms with E-state index in [1.807, 2.05) is 18.2 Å². The van der Waals surface area contributed by atoms with Crippen molar-refractivity contribution in [3.05, 3.63) is 73.8 Å². The lowest BCUT2D eigenvalue weighted by atomic mass is 10.1. The maximum absolute atomic E-state index is 13.6. The lowest BCUT2D eigenvalue weighted by Crippen LogP contribution is -2.23. The molecule has 2 heterocycles. The predicted molar refractivity (Wildman–Crippen MR) is 90.8 cm³/mol. The number of aromatic hydroxyl groups is 1. The van der Waals surface area contributed by atoms with Crippen molar-refractivity contribution < 1.29 is 14.3 Å². The van der Waals surface area contributed by atoms with Gasteiger partial charge in [0.05, 0.1) is 16.6 Å². The Morgan fingerprint density at radius 3 is 2.67 bits per heavy atom. The molecule has 4 rings (SSSR count). The van der Waals surface area contributed by atoms with E-state index in [0.717, 1.165) is 11.3 Å². The number of rotatable bonds is 2. The molecule has 3 aromatic rings. The molecule has 0 fully saturated rings. The third-order valence-electron chi connectivity index (χ3n) is 3.69. The largest absolute Gasteiger partial charge is 0.493 e. The van der Waals surface area contributed by atoms with Crippen LogP contribution in [-0.4, -0.2) is 15.6 Å². The summed E-state index contributed by atoms with van der Waals surface area (Å²) in [4.78, 5) is 16.5. The second kappa shape index (κ2) is 5.47. The van der Waals surface area contributed by atoms with Crippen molar-refractivity contribution in [1.29, 1.82) is 0 Å². The molecule has 1 aromatic heterocycles. The van der Waals surface area contributed by atoms with Crippen LogP contribution in [0.4, 0.5) is 4.39 Å². The van der Waals surface area contributed by atoms with Crippen LogP contribution >= 0.6 is 23.6 Å². The summed E-state index contributed by atoms with van der Waals surface area (Å²) in [5, 5.41) is 11.4. The highest BCUT2D eigenvalue weighted by Crippen LogP contribution is 2.34. The highest BCUT2D eigenvalue weighted by atomic mass is 32.1. The van der Waals surface area contributed by atoms with Gasteiger partial charge in [0.15, 0.2) is 3.95 Å². The molecule has 0 radical (unpaired) electrons. The minimum absolute atomic E-state index is 0.146. The van der Waals surface area contributed by atoms with Crippen LogP contribution in [0.5, 0.6) is 5.88 Å². The average Bonchev–Trinajstić information content (AvgIpc) is 3.03. The van der Waals surface area contributed by atoms with Crippen molar-refractivity contribution in [2.24, 2.45) is 4.99 Å². The van der Waals surface area contributed by atoms with E-state index in [1.165, 1.54) is 22.8 Å². The quantitative estimate of drug-likeness (QED) is 0.718. The lowest BCUT2D eigenvalue weighted by molar-refractivity contribution is -0.112. The molecule has 7 heteroatoms. The summed E-state index contributed by atoms with van der Waals surface area (Å²) in [7, 11) is 0. The molecule has 24 heavy (non-hydrogen) atoms. The van der Waals surface area contributed by atoms with Gasteiger partial charge in [0.25, 0.3) is 5.91 Å². The molecule has 0 atom stereocenters. The fraction of sp³-hybridized carbons (Fsp3) is 0. The fourth-order valence-corrected chi connectivity index (χ4v) is 4.02. The maximum atomic E-state index is 13.6. The molecule has 4 nitrogen and oxygen atoms in total. The Labute approximate surface area is 144 Å². The molecular formula is C17H9FN2O2S2. The van der Waals surface area contributed by atoms with Crippen LogP contribution in [-0.2, 0) is 4.79 Å². The van der Waals surface area contributed by atoms with Crippen LogP contribution in [0.25, 0.3) is 11.3 Å². The third-order valence-corrected chi connectivity index (χ3v) is 5.07. The second-order valence-corrected chi connectivity index (χ2v) is 6.79. The number of para-hydroxylation sites is 1. The topological polar surface area (TPSA) is 54.6 Å². The SMILES string of the molecule is O=C1N=c2ccc(F)cc2=C1c1sc(=S)n(-c2ccccc2)c1O. The Hall–Kier alpha value is -2.64. The molecular weight excluding hydrogens is 347 g/mol. The van der Waals surface area contributed by atoms with E-state index in [2.05, 4.69) is 4.99 Å². The standard InChI is InChI=1S/C17H9FN2O2S2/c18-9-6-7-12-11(8-9)13(15(21)19-12)14-16(22)20(17(23)24-14)10-4-2-1-3-5-10/h1-8,22H. The summed E-state index contributed by atoms with van der Waals surface area (Å²) in [6.45, 7) is 0. The molecule has 1 aliphatic heterocycles. The first-order valence-electron chi connectivity index (χ1n) is 7.00. The van der Waals surface area contributed by atoms with Gasteiger partial charge in [-0.2, -0.15) is 0 Å². The van der Waals surface area contributed by atoms with Gasteiger partial charge in [-0.1, -0.05) is 18.2 Å². The van der Waals surface area contributed by atoms with E-state index in [9.17, 15) is 14.3 Å². The number of amides is 1. The maximum Gasteiger partial charge on any atom is 0.279 e. The number of benzene rings is 2. The van der Waals surface area contributed by atoms with E-state index in [-0.39, 0.29) is 11.5 Å². The summed E-state index contributed by atoms with van der Waals surface area (Å²) < 4.78 is 15.4. The third kappa shape index (κ3) is 2.21. The van der Waals surface area contributed by atoms with Crippen molar-refractivity contribution >= 4 is 35.0 Å². The van der Waals surface area contributed by atoms with E-state index in [1.54, 1.807) is 12.1 Å². The molecule has 1 amide bonds. The minimum Gasteiger partial charge on any atom is -0.493 e. The normalized spacial score (nSPS) is 13.0. The molecule has 0 bridgehead atoms. The van der Waals surface area contributed by atoms with Crippen LogP contribution in [0.15, 0.2) is 53.5 Å². The zero-order valence-corrected chi connectivity index (χ0v) is 13.7. The molecule has 1 N–H and O–H groups in total. The van der Waals surface area contributed by atoms with Crippen LogP contribution in [0.3, 0.4) is 0 Å². The van der Waals surface area contributed by atoms with Gasteiger partial charge in [-0.25, -0.2) is 9.38 Å². The van der Waals surface area contributed by atoms with Gasteiger partial charge in [0.1, 0.15) is 10.7 Å². The highest BCUT2D eigenvalue weighted by Gasteiger charge is 2.25. The van der Waals surface area contributed by atoms with Gasteiger partial charge in [0, 0.05) is 5.22 Å². The van der Waals surface area contributed by atoms with E-state index >= 15 is 0 Å². The second-order valence-electron chi connectivity index (χ2n) is 5.15. The Balaban J connectivity index is 2.04. The number of hydrogen-bond donors (Lipinski definition) is 1. The van der Waals surface area contributed by atoms with Gasteiger partial charge in [-0.3, -0.25) is 9.36 Å². The van der Waals surface area contributed by atoms with Crippen molar-refractivity contribution in [1.82, 2.24) is 4.57 Å². The number of thiazole rings is 1. The molecule has 0 aliphatic carbocycles. The van der Waals surface area contributed by atoms with Crippen molar-refractivity contribution in [2.75, 3.05) is 0 Å². The minimum atomic E-state index is -0.512. The van der Waals surface area contributed by atoms with Crippen LogP contribution in [0.1, 0.15) is 4.88 Å². The van der Waals surface area contributed by atoms with Crippen LogP contribution in [0.2, 0.25) is 0 Å². The Morgan fingerprint density at radius 2 is 1.92 bits per heavy atom. The first kappa shape index (κ1) is 14.9. The molecule has 2 aromatic carbocycles. The molecule has 0 saturated heterocycles. The number of carbonyl (C=O) groups excluding carboxylic acids is 1. The number of aromatic nitrogens is 1. The Kier molecular flexibility index (Phi) is 3.40. The van der Waals surface area contributed by atoms with Gasteiger partial charge >= 0.3 is 0 Å². The van der Waals surface area contributed by atoms with Crippen molar-refractivity contribution in [2.45, 2.75) is 0 Å². The van der Waals surface area contributed by atoms with Crippen molar-refractivity contribution in [3.8, 4) is 11.6 Å². The molecule has 1 aliphatic rings. The first-order chi connectivity index (χ1) is 11.6. The zero-order chi connectivity index (χ0) is 16.8. The number of fused-ring (bicyclic) bond motifs is 1. The lowest BCUT2D eigenvalue weighted by Gasteiger charge is -2.04. The average molecular weight is 356 g/mol. The van der Waals surface area contributed by atoms with Crippen LogP contribution < -0.4 is 10.6 Å². The summed E-state index contributed by atoms with van der Waals surface area (Å²) >= 11 is 6.43. The van der Waals surface area contributed by atoms with E-state index in [0.29, 0.717) is 25.1 Å². The molecule has 0 spiro atoms. The number of halogens is 1. The summed E-state index contributed by atoms with van der Waals surface area (Å²) in [6.07, 6.45) is 0. The zero-order valence-electron chi connectivity index (χ0n) is 12.1. The van der Waals surface area contributed by atoms with E-state index in [4.69, 9.17) is 12.2 Å². The van der Waals surface area contributed by atoms with Gasteiger partial charge in [-0.05, 0) is 42.5 Å². The van der Waals surface area contributed by atoms with Gasteiger partial charge < -0.3 is 5.11 Å². The number of nitrogens with zero attached hydrogens (tertiary/aromatic N) is 2. The predicted octanol–water partition coefficient (Wildman–Crippen LogP) is 2.47. The van der Waals surface area contributed by atoms with Gasteiger partial charge in [0.2, 0.25) is 5.88 Å². The Morgan fingerprint density at radius 1 is 1.17 bits per heavy atom.